The standard InChI is InChI=1S/C18H19ClFN3O3S/c19-14-4-6-17(7-5-14)27(25,26)23-10-8-22(9-11-23)13-18(24)21-16-3-1-2-15(20)12-16/h1-7,12H,8-11,13H2,(H,21,24)/p+1. The quantitative estimate of drug-likeness (QED) is 0.770. The number of hydrogen-bond donors (Lipinski definition) is 2. The number of rotatable bonds is 5. The molecule has 0 aromatic heterocycles. The van der Waals surface area contributed by atoms with Crippen LogP contribution in [-0.2, 0) is 14.8 Å². The van der Waals surface area contributed by atoms with Crippen LogP contribution in [0.3, 0.4) is 0 Å². The van der Waals surface area contributed by atoms with E-state index in [0.29, 0.717) is 36.9 Å². The molecule has 1 heterocycles. The van der Waals surface area contributed by atoms with Gasteiger partial charge in [-0.15, -0.1) is 0 Å². The predicted octanol–water partition coefficient (Wildman–Crippen LogP) is 1.01. The molecule has 1 amide bonds. The lowest BCUT2D eigenvalue weighted by molar-refractivity contribution is -0.895. The first-order valence-corrected chi connectivity index (χ1v) is 10.3. The smallest absolute Gasteiger partial charge is 0.279 e. The number of amides is 1. The van der Waals surface area contributed by atoms with Crippen molar-refractivity contribution in [3.63, 3.8) is 0 Å². The van der Waals surface area contributed by atoms with Gasteiger partial charge in [-0.2, -0.15) is 4.31 Å². The van der Waals surface area contributed by atoms with Crippen LogP contribution in [0.25, 0.3) is 0 Å². The van der Waals surface area contributed by atoms with Gasteiger partial charge in [-0.3, -0.25) is 4.79 Å². The first-order chi connectivity index (χ1) is 12.8. The molecule has 2 N–H and O–H groups in total. The first kappa shape index (κ1) is 19.8. The Morgan fingerprint density at radius 3 is 2.44 bits per heavy atom. The maximum absolute atomic E-state index is 13.2. The van der Waals surface area contributed by atoms with E-state index in [2.05, 4.69) is 5.32 Å². The molecule has 0 unspecified atom stereocenters. The number of carbonyl (C=O) groups excluding carboxylic acids is 1. The van der Waals surface area contributed by atoms with Gasteiger partial charge < -0.3 is 10.2 Å². The summed E-state index contributed by atoms with van der Waals surface area (Å²) in [5.41, 5.74) is 0.406. The Morgan fingerprint density at radius 1 is 1.15 bits per heavy atom. The number of benzene rings is 2. The van der Waals surface area contributed by atoms with Gasteiger partial charge in [0.25, 0.3) is 5.91 Å². The number of quaternary nitrogens is 1. The van der Waals surface area contributed by atoms with Crippen molar-refractivity contribution in [1.82, 2.24) is 4.31 Å². The van der Waals surface area contributed by atoms with Crippen molar-refractivity contribution in [3.05, 3.63) is 59.4 Å². The highest BCUT2D eigenvalue weighted by Crippen LogP contribution is 2.18. The summed E-state index contributed by atoms with van der Waals surface area (Å²) in [5, 5.41) is 3.14. The zero-order valence-electron chi connectivity index (χ0n) is 14.5. The molecule has 0 bridgehead atoms. The van der Waals surface area contributed by atoms with Gasteiger partial charge in [-0.1, -0.05) is 17.7 Å². The van der Waals surface area contributed by atoms with Gasteiger partial charge in [0.2, 0.25) is 10.0 Å². The van der Waals surface area contributed by atoms with Gasteiger partial charge in [0, 0.05) is 10.7 Å². The van der Waals surface area contributed by atoms with E-state index in [1.54, 1.807) is 18.2 Å². The summed E-state index contributed by atoms with van der Waals surface area (Å²) in [6, 6.07) is 11.8. The highest BCUT2D eigenvalue weighted by Gasteiger charge is 2.31. The van der Waals surface area contributed by atoms with E-state index in [4.69, 9.17) is 11.6 Å². The monoisotopic (exact) mass is 412 g/mol. The second-order valence-corrected chi connectivity index (χ2v) is 8.72. The maximum Gasteiger partial charge on any atom is 0.279 e. The van der Waals surface area contributed by atoms with E-state index in [0.717, 1.165) is 4.90 Å². The van der Waals surface area contributed by atoms with E-state index in [9.17, 15) is 17.6 Å². The number of anilines is 1. The van der Waals surface area contributed by atoms with Crippen LogP contribution in [0.1, 0.15) is 0 Å². The lowest BCUT2D eigenvalue weighted by atomic mass is 10.3. The lowest BCUT2D eigenvalue weighted by Crippen LogP contribution is -3.15. The van der Waals surface area contributed by atoms with E-state index in [1.165, 1.54) is 34.6 Å². The molecule has 0 aliphatic carbocycles. The number of carbonyl (C=O) groups is 1. The van der Waals surface area contributed by atoms with Gasteiger partial charge in [-0.25, -0.2) is 12.8 Å². The van der Waals surface area contributed by atoms with E-state index >= 15 is 0 Å². The van der Waals surface area contributed by atoms with Crippen molar-refractivity contribution in [2.45, 2.75) is 4.90 Å². The van der Waals surface area contributed by atoms with Crippen LogP contribution in [0.15, 0.2) is 53.4 Å². The Morgan fingerprint density at radius 2 is 1.81 bits per heavy atom. The highest BCUT2D eigenvalue weighted by molar-refractivity contribution is 7.89. The third-order valence-corrected chi connectivity index (χ3v) is 6.56. The molecule has 1 aliphatic rings. The number of nitrogens with zero attached hydrogens (tertiary/aromatic N) is 1. The summed E-state index contributed by atoms with van der Waals surface area (Å²) in [6.07, 6.45) is 0. The molecule has 3 rings (SSSR count). The molecular formula is C18H20ClFN3O3S+. The molecule has 2 aromatic carbocycles. The number of halogens is 2. The van der Waals surface area contributed by atoms with Crippen LogP contribution in [0.2, 0.25) is 5.02 Å². The van der Waals surface area contributed by atoms with E-state index in [1.807, 2.05) is 0 Å². The Hall–Kier alpha value is -2.00. The number of nitrogens with one attached hydrogen (secondary N) is 2. The molecule has 0 atom stereocenters. The van der Waals surface area contributed by atoms with Crippen LogP contribution in [0.5, 0.6) is 0 Å². The molecular weight excluding hydrogens is 393 g/mol. The second-order valence-electron chi connectivity index (χ2n) is 6.34. The number of sulfonamides is 1. The fourth-order valence-electron chi connectivity index (χ4n) is 2.97. The zero-order valence-corrected chi connectivity index (χ0v) is 16.1. The number of piperazine rings is 1. The molecule has 144 valence electrons. The summed E-state index contributed by atoms with van der Waals surface area (Å²) in [4.78, 5) is 13.3. The van der Waals surface area contributed by atoms with Gasteiger partial charge >= 0.3 is 0 Å². The van der Waals surface area contributed by atoms with E-state index in [-0.39, 0.29) is 17.3 Å². The SMILES string of the molecule is O=C(C[NH+]1CCN(S(=O)(=O)c2ccc(Cl)cc2)CC1)Nc1cccc(F)c1. The Bertz CT molecular complexity index is 914. The minimum atomic E-state index is -3.56. The maximum atomic E-state index is 13.2. The zero-order chi connectivity index (χ0) is 19.4. The molecule has 2 aromatic rings. The van der Waals surface area contributed by atoms with Crippen LogP contribution in [0, 0.1) is 5.82 Å². The predicted molar refractivity (Wildman–Crippen MR) is 101 cm³/mol. The second kappa shape index (κ2) is 8.35. The molecule has 27 heavy (non-hydrogen) atoms. The third-order valence-electron chi connectivity index (χ3n) is 4.40. The lowest BCUT2D eigenvalue weighted by Gasteiger charge is -2.31. The summed E-state index contributed by atoms with van der Waals surface area (Å²) in [6.45, 7) is 1.89. The molecule has 0 radical (unpaired) electrons. The molecule has 1 fully saturated rings. The Balaban J connectivity index is 1.54. The third kappa shape index (κ3) is 5.04. The summed E-state index contributed by atoms with van der Waals surface area (Å²) in [7, 11) is -3.56. The van der Waals surface area contributed by atoms with E-state index < -0.39 is 15.8 Å². The van der Waals surface area contributed by atoms with Gasteiger partial charge in [-0.05, 0) is 42.5 Å². The Labute approximate surface area is 162 Å². The van der Waals surface area contributed by atoms with Gasteiger partial charge in [0.05, 0.1) is 31.1 Å². The molecule has 1 saturated heterocycles. The fourth-order valence-corrected chi connectivity index (χ4v) is 4.54. The first-order valence-electron chi connectivity index (χ1n) is 8.49. The topological polar surface area (TPSA) is 70.9 Å². The molecule has 0 saturated carbocycles. The number of hydrogen-bond acceptors (Lipinski definition) is 3. The van der Waals surface area contributed by atoms with Crippen LogP contribution in [-0.4, -0.2) is 51.4 Å². The summed E-state index contributed by atoms with van der Waals surface area (Å²) in [5.74, 6) is -0.647. The summed E-state index contributed by atoms with van der Waals surface area (Å²) < 4.78 is 39.9. The van der Waals surface area contributed by atoms with Gasteiger partial charge in [0.15, 0.2) is 6.54 Å². The van der Waals surface area contributed by atoms with Crippen molar-refractivity contribution in [2.24, 2.45) is 0 Å². The Kier molecular flexibility index (Phi) is 6.11. The van der Waals surface area contributed by atoms with Crippen molar-refractivity contribution in [2.75, 3.05) is 38.0 Å². The van der Waals surface area contributed by atoms with Crippen LogP contribution < -0.4 is 10.2 Å². The minimum absolute atomic E-state index is 0.200. The average molecular weight is 413 g/mol. The average Bonchev–Trinajstić information content (AvgIpc) is 2.62. The summed E-state index contributed by atoms with van der Waals surface area (Å²) >= 11 is 5.81. The fraction of sp³-hybridized carbons (Fsp3) is 0.278. The molecule has 0 spiro atoms. The van der Waals surface area contributed by atoms with Crippen molar-refractivity contribution >= 4 is 33.2 Å². The molecule has 9 heteroatoms. The van der Waals surface area contributed by atoms with Crippen LogP contribution in [0.4, 0.5) is 10.1 Å². The largest absolute Gasteiger partial charge is 0.325 e. The van der Waals surface area contributed by atoms with Crippen LogP contribution >= 0.6 is 11.6 Å². The molecule has 1 aliphatic heterocycles. The minimum Gasteiger partial charge on any atom is -0.325 e. The van der Waals surface area contributed by atoms with Crippen molar-refractivity contribution < 1.29 is 22.5 Å². The molecule has 6 nitrogen and oxygen atoms in total. The van der Waals surface area contributed by atoms with Gasteiger partial charge in [0.1, 0.15) is 5.82 Å². The van der Waals surface area contributed by atoms with Crippen molar-refractivity contribution in [1.29, 1.82) is 0 Å². The van der Waals surface area contributed by atoms with Crippen molar-refractivity contribution in [3.8, 4) is 0 Å². The normalized spacial score (nSPS) is 16.2. The highest BCUT2D eigenvalue weighted by atomic mass is 35.5.